The number of rotatable bonds is 6. The summed E-state index contributed by atoms with van der Waals surface area (Å²) in [6.45, 7) is 2.03. The zero-order chi connectivity index (χ0) is 20.0. The van der Waals surface area contributed by atoms with E-state index >= 15 is 0 Å². The Hall–Kier alpha value is -2.63. The van der Waals surface area contributed by atoms with Crippen molar-refractivity contribution in [3.63, 3.8) is 0 Å². The fraction of sp³-hybridized carbons (Fsp3) is 0.522. The molecule has 2 fully saturated rings. The molecule has 0 aromatic heterocycles. The van der Waals surface area contributed by atoms with Gasteiger partial charge in [-0.3, -0.25) is 19.5 Å². The lowest BCUT2D eigenvalue weighted by Crippen LogP contribution is -2.42. The number of nitrogens with zero attached hydrogens (tertiary/aromatic N) is 2. The maximum absolute atomic E-state index is 12.7. The molecule has 0 radical (unpaired) electrons. The molecule has 6 nitrogen and oxygen atoms in total. The van der Waals surface area contributed by atoms with Crippen molar-refractivity contribution in [2.75, 3.05) is 26.7 Å². The van der Waals surface area contributed by atoms with Crippen LogP contribution in [0.2, 0.25) is 0 Å². The van der Waals surface area contributed by atoms with E-state index in [1.165, 1.54) is 16.0 Å². The molecule has 2 N–H and O–H groups in total. The Morgan fingerprint density at radius 2 is 1.83 bits per heavy atom. The number of hydrogen-bond acceptors (Lipinski definition) is 3. The van der Waals surface area contributed by atoms with E-state index in [-0.39, 0.29) is 35.5 Å². The van der Waals surface area contributed by atoms with E-state index in [0.717, 1.165) is 31.8 Å². The molecule has 0 spiro atoms. The Balaban J connectivity index is 1.06. The van der Waals surface area contributed by atoms with E-state index in [9.17, 15) is 9.59 Å². The Morgan fingerprint density at radius 3 is 2.52 bits per heavy atom. The summed E-state index contributed by atoms with van der Waals surface area (Å²) >= 11 is 0. The molecule has 4 aliphatic rings. The number of fused-ring (bicyclic) bond motifs is 6. The monoisotopic (exact) mass is 392 g/mol. The minimum atomic E-state index is -0.0924. The Morgan fingerprint density at radius 1 is 1.10 bits per heavy atom. The third kappa shape index (κ3) is 3.05. The van der Waals surface area contributed by atoms with Crippen molar-refractivity contribution in [3.8, 4) is 0 Å². The molecule has 6 heteroatoms. The number of aliphatic imine (C=N–C) groups is 1. The highest BCUT2D eigenvalue weighted by Gasteiger charge is 2.58. The molecule has 5 rings (SSSR count). The van der Waals surface area contributed by atoms with Gasteiger partial charge in [-0.1, -0.05) is 36.4 Å². The molecule has 2 bridgehead atoms. The zero-order valence-electron chi connectivity index (χ0n) is 16.8. The first-order chi connectivity index (χ1) is 14.2. The molecule has 1 saturated carbocycles. The van der Waals surface area contributed by atoms with Crippen LogP contribution in [0.1, 0.15) is 29.9 Å². The summed E-state index contributed by atoms with van der Waals surface area (Å²) in [7, 11) is 1.77. The molecule has 1 saturated heterocycles. The standard InChI is InChI=1S/C23H28N4O2/c1-24-23(26-13-17-11-14-5-2-3-6-18(14)17)25-9-4-10-27-21(28)19-15-7-8-16(12-15)20(19)22(27)29/h2-3,5-8,15-17,19-20H,4,9-13H2,1H3,(H2,24,25,26). The normalized spacial score (nSPS) is 31.7. The third-order valence-electron chi connectivity index (χ3n) is 7.11. The van der Waals surface area contributed by atoms with Crippen molar-refractivity contribution >= 4 is 17.8 Å². The third-order valence-corrected chi connectivity index (χ3v) is 7.11. The molecule has 1 aliphatic heterocycles. The molecule has 5 atom stereocenters. The van der Waals surface area contributed by atoms with Crippen LogP contribution in [0.25, 0.3) is 0 Å². The number of benzene rings is 1. The van der Waals surface area contributed by atoms with Crippen molar-refractivity contribution < 1.29 is 9.59 Å². The quantitative estimate of drug-likeness (QED) is 0.254. The highest BCUT2D eigenvalue weighted by Crippen LogP contribution is 2.52. The first kappa shape index (κ1) is 18.4. The Bertz CT molecular complexity index is 863. The predicted octanol–water partition coefficient (Wildman–Crippen LogP) is 1.69. The largest absolute Gasteiger partial charge is 0.356 e. The SMILES string of the molecule is CN=C(NCCCN1C(=O)C2C3C=CC(C3)C2C1=O)NCC1Cc2ccccc21. The summed E-state index contributed by atoms with van der Waals surface area (Å²) in [5.41, 5.74) is 2.87. The van der Waals surface area contributed by atoms with Gasteiger partial charge in [0.25, 0.3) is 0 Å². The van der Waals surface area contributed by atoms with E-state index in [0.29, 0.717) is 19.0 Å². The summed E-state index contributed by atoms with van der Waals surface area (Å²) in [6.07, 6.45) is 7.09. The van der Waals surface area contributed by atoms with Crippen molar-refractivity contribution in [1.82, 2.24) is 15.5 Å². The number of imide groups is 1. The smallest absolute Gasteiger partial charge is 0.233 e. The lowest BCUT2D eigenvalue weighted by molar-refractivity contribution is -0.140. The summed E-state index contributed by atoms with van der Waals surface area (Å²) < 4.78 is 0. The molecule has 1 heterocycles. The van der Waals surface area contributed by atoms with E-state index in [4.69, 9.17) is 0 Å². The van der Waals surface area contributed by atoms with Gasteiger partial charge < -0.3 is 10.6 Å². The van der Waals surface area contributed by atoms with Crippen LogP contribution < -0.4 is 10.6 Å². The van der Waals surface area contributed by atoms with Gasteiger partial charge in [0.1, 0.15) is 0 Å². The second-order valence-corrected chi connectivity index (χ2v) is 8.66. The van der Waals surface area contributed by atoms with Gasteiger partial charge in [0.15, 0.2) is 5.96 Å². The number of nitrogens with one attached hydrogen (secondary N) is 2. The first-order valence-electron chi connectivity index (χ1n) is 10.7. The first-order valence-corrected chi connectivity index (χ1v) is 10.7. The van der Waals surface area contributed by atoms with Crippen molar-refractivity contribution in [2.24, 2.45) is 28.7 Å². The predicted molar refractivity (Wildman–Crippen MR) is 111 cm³/mol. The van der Waals surface area contributed by atoms with Crippen molar-refractivity contribution in [1.29, 1.82) is 0 Å². The van der Waals surface area contributed by atoms with Gasteiger partial charge in [-0.25, -0.2) is 0 Å². The molecular formula is C23H28N4O2. The minimum absolute atomic E-state index is 0.0444. The number of hydrogen-bond donors (Lipinski definition) is 2. The zero-order valence-corrected chi connectivity index (χ0v) is 16.8. The lowest BCUT2D eigenvalue weighted by atomic mass is 9.78. The molecular weight excluding hydrogens is 364 g/mol. The molecule has 2 amide bonds. The molecule has 29 heavy (non-hydrogen) atoms. The Labute approximate surface area is 171 Å². The summed E-state index contributed by atoms with van der Waals surface area (Å²) in [5, 5.41) is 6.70. The van der Waals surface area contributed by atoms with Crippen LogP contribution in [-0.2, 0) is 16.0 Å². The van der Waals surface area contributed by atoms with Crippen LogP contribution in [0, 0.1) is 23.7 Å². The molecule has 1 aromatic carbocycles. The fourth-order valence-corrected chi connectivity index (χ4v) is 5.61. The van der Waals surface area contributed by atoms with Crippen molar-refractivity contribution in [3.05, 3.63) is 47.5 Å². The number of likely N-dealkylation sites (tertiary alicyclic amines) is 1. The average molecular weight is 393 g/mol. The van der Waals surface area contributed by atoms with Crippen LogP contribution in [0.3, 0.4) is 0 Å². The van der Waals surface area contributed by atoms with Gasteiger partial charge in [0.05, 0.1) is 11.8 Å². The van der Waals surface area contributed by atoms with E-state index < -0.39 is 0 Å². The van der Waals surface area contributed by atoms with Gasteiger partial charge in [-0.15, -0.1) is 0 Å². The second kappa shape index (κ2) is 7.32. The molecule has 152 valence electrons. The topological polar surface area (TPSA) is 73.8 Å². The second-order valence-electron chi connectivity index (χ2n) is 8.66. The van der Waals surface area contributed by atoms with Crippen LogP contribution in [-0.4, -0.2) is 49.4 Å². The average Bonchev–Trinajstić information content (AvgIpc) is 3.39. The van der Waals surface area contributed by atoms with Crippen LogP contribution in [0.15, 0.2) is 41.4 Å². The minimum Gasteiger partial charge on any atom is -0.356 e. The number of allylic oxidation sites excluding steroid dienone is 2. The van der Waals surface area contributed by atoms with Crippen LogP contribution in [0.4, 0.5) is 0 Å². The summed E-state index contributed by atoms with van der Waals surface area (Å²) in [5.74, 6) is 1.77. The number of carbonyl (C=O) groups excluding carboxylic acids is 2. The van der Waals surface area contributed by atoms with Gasteiger partial charge >= 0.3 is 0 Å². The van der Waals surface area contributed by atoms with E-state index in [2.05, 4.69) is 52.0 Å². The summed E-state index contributed by atoms with van der Waals surface area (Å²) in [4.78, 5) is 31.2. The maximum atomic E-state index is 12.7. The van der Waals surface area contributed by atoms with Gasteiger partial charge in [0, 0.05) is 32.6 Å². The van der Waals surface area contributed by atoms with Gasteiger partial charge in [-0.05, 0) is 42.2 Å². The van der Waals surface area contributed by atoms with Crippen LogP contribution in [0.5, 0.6) is 0 Å². The molecule has 3 aliphatic carbocycles. The fourth-order valence-electron chi connectivity index (χ4n) is 5.61. The van der Waals surface area contributed by atoms with E-state index in [1.54, 1.807) is 7.05 Å². The maximum Gasteiger partial charge on any atom is 0.233 e. The van der Waals surface area contributed by atoms with Gasteiger partial charge in [-0.2, -0.15) is 0 Å². The van der Waals surface area contributed by atoms with Crippen molar-refractivity contribution in [2.45, 2.75) is 25.2 Å². The van der Waals surface area contributed by atoms with Gasteiger partial charge in [0.2, 0.25) is 11.8 Å². The number of guanidine groups is 1. The molecule has 5 unspecified atom stereocenters. The summed E-state index contributed by atoms with van der Waals surface area (Å²) in [6, 6.07) is 8.57. The Kier molecular flexibility index (Phi) is 4.64. The highest BCUT2D eigenvalue weighted by atomic mass is 16.2. The highest BCUT2D eigenvalue weighted by molar-refractivity contribution is 6.06. The van der Waals surface area contributed by atoms with Crippen LogP contribution >= 0.6 is 0 Å². The lowest BCUT2D eigenvalue weighted by Gasteiger charge is -2.30. The number of amides is 2. The van der Waals surface area contributed by atoms with E-state index in [1.807, 2.05) is 0 Å². The number of carbonyl (C=O) groups is 2. The molecule has 1 aromatic rings.